The Morgan fingerprint density at radius 2 is 1.76 bits per heavy atom. The summed E-state index contributed by atoms with van der Waals surface area (Å²) < 4.78 is 3.16. The standard InChI is InChI=1S/C27H25BrN4OS/c1-16-14-19(11-12-21(16)28)32-26(25(30-27(32)34)22-8-6-7-13-29-22)20-15-17(2)31(18(20)3)23-9-4-5-10-24(23)33/h4-15,25-26,33H,1-3H3,(H,30,34)/t25-,26-/m0/s1. The van der Waals surface area contributed by atoms with Gasteiger partial charge in [-0.15, -0.1) is 0 Å². The van der Waals surface area contributed by atoms with Gasteiger partial charge in [0.1, 0.15) is 5.75 Å². The van der Waals surface area contributed by atoms with Crippen LogP contribution in [0.4, 0.5) is 5.69 Å². The van der Waals surface area contributed by atoms with Crippen LogP contribution in [0.1, 0.15) is 40.3 Å². The second-order valence-corrected chi connectivity index (χ2v) is 9.82. The van der Waals surface area contributed by atoms with Gasteiger partial charge in [-0.05, 0) is 92.6 Å². The van der Waals surface area contributed by atoms with E-state index in [4.69, 9.17) is 12.2 Å². The molecule has 0 amide bonds. The van der Waals surface area contributed by atoms with Crippen molar-refractivity contribution in [2.75, 3.05) is 4.90 Å². The smallest absolute Gasteiger partial charge is 0.174 e. The summed E-state index contributed by atoms with van der Waals surface area (Å²) in [6, 6.07) is 21.6. The number of halogens is 1. The number of para-hydroxylation sites is 2. The third-order valence-corrected chi connectivity index (χ3v) is 7.63. The lowest BCUT2D eigenvalue weighted by atomic mass is 9.96. The first kappa shape index (κ1) is 22.6. The molecule has 0 unspecified atom stereocenters. The normalized spacial score (nSPS) is 17.8. The molecular formula is C27H25BrN4OS. The minimum atomic E-state index is -0.129. The van der Waals surface area contributed by atoms with Crippen molar-refractivity contribution in [3.63, 3.8) is 0 Å². The maximum atomic E-state index is 10.6. The molecule has 0 aliphatic carbocycles. The SMILES string of the molecule is Cc1cc(N2C(=S)N[C@@H](c3ccccn3)[C@@H]2c2cc(C)n(-c3ccccc3O)c2C)ccc1Br. The predicted molar refractivity (Wildman–Crippen MR) is 144 cm³/mol. The monoisotopic (exact) mass is 532 g/mol. The van der Waals surface area contributed by atoms with Crippen LogP contribution in [0.2, 0.25) is 0 Å². The minimum Gasteiger partial charge on any atom is -0.506 e. The summed E-state index contributed by atoms with van der Waals surface area (Å²) in [5, 5.41) is 14.8. The average Bonchev–Trinajstić information content (AvgIpc) is 3.32. The number of phenols is 1. The summed E-state index contributed by atoms with van der Waals surface area (Å²) in [5.74, 6) is 0.248. The van der Waals surface area contributed by atoms with Crippen LogP contribution in [-0.4, -0.2) is 19.8 Å². The molecule has 5 nitrogen and oxygen atoms in total. The van der Waals surface area contributed by atoms with Gasteiger partial charge in [0.2, 0.25) is 0 Å². The first-order chi connectivity index (χ1) is 16.4. The van der Waals surface area contributed by atoms with E-state index in [1.807, 2.05) is 42.6 Å². The molecule has 3 heterocycles. The summed E-state index contributed by atoms with van der Waals surface area (Å²) in [6.45, 7) is 6.24. The first-order valence-electron chi connectivity index (χ1n) is 11.1. The number of nitrogens with zero attached hydrogens (tertiary/aromatic N) is 3. The van der Waals surface area contributed by atoms with Crippen LogP contribution in [0, 0.1) is 20.8 Å². The van der Waals surface area contributed by atoms with Crippen LogP contribution in [0.3, 0.4) is 0 Å². The molecule has 2 aromatic carbocycles. The van der Waals surface area contributed by atoms with Crippen molar-refractivity contribution in [1.29, 1.82) is 0 Å². The minimum absolute atomic E-state index is 0.117. The Hall–Kier alpha value is -3.16. The Morgan fingerprint density at radius 3 is 2.47 bits per heavy atom. The van der Waals surface area contributed by atoms with Crippen LogP contribution < -0.4 is 10.2 Å². The molecule has 0 saturated carbocycles. The van der Waals surface area contributed by atoms with Gasteiger partial charge in [0.05, 0.1) is 23.5 Å². The lowest BCUT2D eigenvalue weighted by molar-refractivity contribution is 0.471. The van der Waals surface area contributed by atoms with Crippen LogP contribution in [0.5, 0.6) is 5.75 Å². The summed E-state index contributed by atoms with van der Waals surface area (Å²) in [5.41, 5.74) is 7.07. The summed E-state index contributed by atoms with van der Waals surface area (Å²) in [4.78, 5) is 6.84. The number of thiocarbonyl (C=S) groups is 1. The lowest BCUT2D eigenvalue weighted by Gasteiger charge is -2.28. The number of pyridine rings is 1. The molecule has 172 valence electrons. The number of aromatic nitrogens is 2. The van der Waals surface area contributed by atoms with Crippen molar-refractivity contribution in [1.82, 2.24) is 14.9 Å². The Balaban J connectivity index is 1.70. The number of aromatic hydroxyl groups is 1. The molecule has 34 heavy (non-hydrogen) atoms. The maximum absolute atomic E-state index is 10.6. The predicted octanol–water partition coefficient (Wildman–Crippen LogP) is 6.44. The van der Waals surface area contributed by atoms with Crippen LogP contribution in [0.15, 0.2) is 77.4 Å². The van der Waals surface area contributed by atoms with Crippen molar-refractivity contribution in [3.05, 3.63) is 106 Å². The molecule has 0 spiro atoms. The number of hydrogen-bond acceptors (Lipinski definition) is 3. The number of hydrogen-bond donors (Lipinski definition) is 2. The highest BCUT2D eigenvalue weighted by Gasteiger charge is 2.42. The van der Waals surface area contributed by atoms with Gasteiger partial charge in [0.15, 0.2) is 5.11 Å². The van der Waals surface area contributed by atoms with E-state index in [0.29, 0.717) is 5.11 Å². The molecule has 1 aliphatic heterocycles. The van der Waals surface area contributed by atoms with Gasteiger partial charge in [0.25, 0.3) is 0 Å². The summed E-state index contributed by atoms with van der Waals surface area (Å²) in [6.07, 6.45) is 1.81. The summed E-state index contributed by atoms with van der Waals surface area (Å²) >= 11 is 9.49. The van der Waals surface area contributed by atoms with Gasteiger partial charge in [-0.25, -0.2) is 0 Å². The molecule has 1 aliphatic rings. The van der Waals surface area contributed by atoms with E-state index >= 15 is 0 Å². The third kappa shape index (κ3) is 3.79. The molecule has 0 radical (unpaired) electrons. The van der Waals surface area contributed by atoms with E-state index in [1.165, 1.54) is 0 Å². The number of rotatable bonds is 4. The van der Waals surface area contributed by atoms with Crippen molar-refractivity contribution in [2.24, 2.45) is 0 Å². The molecule has 4 aromatic rings. The molecule has 2 atom stereocenters. The number of benzene rings is 2. The Labute approximate surface area is 213 Å². The number of anilines is 1. The van der Waals surface area contributed by atoms with E-state index < -0.39 is 0 Å². The van der Waals surface area contributed by atoms with Gasteiger partial charge >= 0.3 is 0 Å². The van der Waals surface area contributed by atoms with Crippen molar-refractivity contribution in [2.45, 2.75) is 32.9 Å². The van der Waals surface area contributed by atoms with Crippen molar-refractivity contribution in [3.8, 4) is 11.4 Å². The highest BCUT2D eigenvalue weighted by atomic mass is 79.9. The van der Waals surface area contributed by atoms with Gasteiger partial charge in [-0.2, -0.15) is 0 Å². The molecule has 2 aromatic heterocycles. The quantitative estimate of drug-likeness (QED) is 0.296. The van der Waals surface area contributed by atoms with Crippen LogP contribution in [0.25, 0.3) is 5.69 Å². The Kier molecular flexibility index (Phi) is 5.91. The molecular weight excluding hydrogens is 508 g/mol. The number of aryl methyl sites for hydroxylation is 2. The number of nitrogens with one attached hydrogen (secondary N) is 1. The van der Waals surface area contributed by atoms with E-state index in [2.05, 4.69) is 80.7 Å². The van der Waals surface area contributed by atoms with Gasteiger partial charge in [-0.1, -0.05) is 34.1 Å². The zero-order valence-corrected chi connectivity index (χ0v) is 21.6. The molecule has 1 fully saturated rings. The van der Waals surface area contributed by atoms with E-state index in [9.17, 15) is 5.11 Å². The van der Waals surface area contributed by atoms with Gasteiger partial charge in [-0.3, -0.25) is 4.98 Å². The Morgan fingerprint density at radius 1 is 1.00 bits per heavy atom. The molecule has 7 heteroatoms. The maximum Gasteiger partial charge on any atom is 0.174 e. The lowest BCUT2D eigenvalue weighted by Crippen LogP contribution is -2.29. The van der Waals surface area contributed by atoms with Crippen LogP contribution >= 0.6 is 28.1 Å². The largest absolute Gasteiger partial charge is 0.506 e. The van der Waals surface area contributed by atoms with Gasteiger partial charge < -0.3 is 19.9 Å². The fourth-order valence-corrected chi connectivity index (χ4v) is 5.43. The molecule has 5 rings (SSSR count). The average molecular weight is 533 g/mol. The van der Waals surface area contributed by atoms with E-state index in [-0.39, 0.29) is 17.8 Å². The van der Waals surface area contributed by atoms with Gasteiger partial charge in [0, 0.05) is 27.7 Å². The van der Waals surface area contributed by atoms with Crippen LogP contribution in [-0.2, 0) is 0 Å². The molecule has 2 N–H and O–H groups in total. The van der Waals surface area contributed by atoms with E-state index in [0.717, 1.165) is 44.1 Å². The fourth-order valence-electron chi connectivity index (χ4n) is 4.84. The second-order valence-electron chi connectivity index (χ2n) is 8.58. The highest BCUT2D eigenvalue weighted by molar-refractivity contribution is 9.10. The number of phenolic OH excluding ortho intramolecular Hbond substituents is 1. The topological polar surface area (TPSA) is 53.3 Å². The fraction of sp³-hybridized carbons (Fsp3) is 0.185. The summed E-state index contributed by atoms with van der Waals surface area (Å²) in [7, 11) is 0. The van der Waals surface area contributed by atoms with Crippen molar-refractivity contribution >= 4 is 38.9 Å². The first-order valence-corrected chi connectivity index (χ1v) is 12.3. The van der Waals surface area contributed by atoms with Crippen molar-refractivity contribution < 1.29 is 5.11 Å². The third-order valence-electron chi connectivity index (χ3n) is 6.43. The zero-order valence-electron chi connectivity index (χ0n) is 19.2. The zero-order chi connectivity index (χ0) is 24.0. The Bertz CT molecular complexity index is 1380. The van der Waals surface area contributed by atoms with E-state index in [1.54, 1.807) is 6.07 Å². The molecule has 1 saturated heterocycles. The second kappa shape index (κ2) is 8.89. The highest BCUT2D eigenvalue weighted by Crippen LogP contribution is 2.44. The molecule has 0 bridgehead atoms.